The average Bonchev–Trinajstić information content (AvgIpc) is 2.74. The van der Waals surface area contributed by atoms with Gasteiger partial charge in [0.25, 0.3) is 0 Å². The van der Waals surface area contributed by atoms with Crippen molar-refractivity contribution in [1.82, 2.24) is 0 Å². The summed E-state index contributed by atoms with van der Waals surface area (Å²) < 4.78 is 45.4. The Hall–Kier alpha value is -2.40. The van der Waals surface area contributed by atoms with E-state index >= 15 is 0 Å². The van der Waals surface area contributed by atoms with Crippen LogP contribution in [-0.4, -0.2) is 25.9 Å². The Morgan fingerprint density at radius 2 is 1.86 bits per heavy atom. The summed E-state index contributed by atoms with van der Waals surface area (Å²) >= 11 is 0. The van der Waals surface area contributed by atoms with Crippen LogP contribution in [0.15, 0.2) is 49.1 Å². The van der Waals surface area contributed by atoms with Gasteiger partial charge in [-0.25, -0.2) is 4.39 Å². The predicted molar refractivity (Wildman–Crippen MR) is 106 cm³/mol. The van der Waals surface area contributed by atoms with Crippen LogP contribution in [0.5, 0.6) is 11.5 Å². The van der Waals surface area contributed by atoms with Gasteiger partial charge in [0.1, 0.15) is 12.4 Å². The molecule has 0 saturated carbocycles. The number of hydrogen-bond donors (Lipinski definition) is 0. The van der Waals surface area contributed by atoms with E-state index in [0.29, 0.717) is 37.1 Å². The van der Waals surface area contributed by atoms with Gasteiger partial charge in [0, 0.05) is 11.5 Å². The Balaban J connectivity index is 1.61. The molecule has 28 heavy (non-hydrogen) atoms. The Bertz CT molecular complexity index is 781. The quantitative estimate of drug-likeness (QED) is 0.537. The summed E-state index contributed by atoms with van der Waals surface area (Å²) in [5.41, 5.74) is 0.771. The summed E-state index contributed by atoms with van der Waals surface area (Å²) in [5.74, 6) is -0.839. The van der Waals surface area contributed by atoms with Crippen LogP contribution >= 0.6 is 0 Å². The largest absolute Gasteiger partial charge is 0.491 e. The van der Waals surface area contributed by atoms with Crippen molar-refractivity contribution in [2.24, 2.45) is 5.92 Å². The number of rotatable bonds is 8. The van der Waals surface area contributed by atoms with Gasteiger partial charge < -0.3 is 14.2 Å². The van der Waals surface area contributed by atoms with Crippen molar-refractivity contribution in [3.63, 3.8) is 0 Å². The molecule has 2 aromatic rings. The average molecular weight is 388 g/mol. The molecule has 2 atom stereocenters. The third kappa shape index (κ3) is 4.90. The van der Waals surface area contributed by atoms with Gasteiger partial charge in [-0.3, -0.25) is 0 Å². The Morgan fingerprint density at radius 3 is 2.50 bits per heavy atom. The first-order chi connectivity index (χ1) is 13.6. The van der Waals surface area contributed by atoms with Crippen molar-refractivity contribution in [2.45, 2.75) is 32.3 Å². The molecule has 0 radical (unpaired) electrons. The molecule has 3 nitrogen and oxygen atoms in total. The molecule has 0 aromatic heterocycles. The maximum Gasteiger partial charge on any atom is 0.201 e. The molecular weight excluding hydrogens is 362 g/mol. The third-order valence-corrected chi connectivity index (χ3v) is 4.85. The molecule has 3 rings (SSSR count). The van der Waals surface area contributed by atoms with Gasteiger partial charge in [0.05, 0.1) is 19.3 Å². The van der Waals surface area contributed by atoms with Crippen molar-refractivity contribution in [1.29, 1.82) is 0 Å². The van der Waals surface area contributed by atoms with E-state index in [9.17, 15) is 8.78 Å². The van der Waals surface area contributed by atoms with Gasteiger partial charge in [0.15, 0.2) is 11.6 Å². The molecule has 1 aliphatic rings. The minimum Gasteiger partial charge on any atom is -0.491 e. The normalized spacial score (nSPS) is 19.2. The van der Waals surface area contributed by atoms with Crippen LogP contribution in [0.2, 0.25) is 0 Å². The third-order valence-electron chi connectivity index (χ3n) is 4.85. The van der Waals surface area contributed by atoms with Crippen molar-refractivity contribution in [3.8, 4) is 22.6 Å². The highest BCUT2D eigenvalue weighted by Crippen LogP contribution is 2.31. The molecule has 2 unspecified atom stereocenters. The van der Waals surface area contributed by atoms with Gasteiger partial charge in [-0.05, 0) is 49.1 Å². The zero-order chi connectivity index (χ0) is 19.9. The summed E-state index contributed by atoms with van der Waals surface area (Å²) in [4.78, 5) is 0. The monoisotopic (exact) mass is 388 g/mol. The van der Waals surface area contributed by atoms with Gasteiger partial charge in [-0.15, -0.1) is 6.58 Å². The lowest BCUT2D eigenvalue weighted by Gasteiger charge is -2.27. The van der Waals surface area contributed by atoms with Gasteiger partial charge >= 0.3 is 0 Å². The van der Waals surface area contributed by atoms with Crippen LogP contribution < -0.4 is 9.47 Å². The molecule has 0 N–H and O–H groups in total. The van der Waals surface area contributed by atoms with Crippen LogP contribution in [0.25, 0.3) is 11.1 Å². The van der Waals surface area contributed by atoms with Crippen molar-refractivity contribution in [2.75, 3.05) is 19.8 Å². The predicted octanol–water partition coefficient (Wildman–Crippen LogP) is 5.78. The van der Waals surface area contributed by atoms with E-state index in [-0.39, 0.29) is 17.4 Å². The van der Waals surface area contributed by atoms with Crippen molar-refractivity contribution < 1.29 is 23.0 Å². The molecule has 1 saturated heterocycles. The minimum atomic E-state index is -0.960. The van der Waals surface area contributed by atoms with E-state index in [1.165, 1.54) is 12.1 Å². The highest BCUT2D eigenvalue weighted by atomic mass is 19.2. The lowest BCUT2D eigenvalue weighted by Crippen LogP contribution is -2.29. The summed E-state index contributed by atoms with van der Waals surface area (Å²) in [6, 6.07) is 9.94. The maximum atomic E-state index is 14.4. The molecule has 1 aliphatic heterocycles. The first-order valence-corrected chi connectivity index (χ1v) is 9.70. The van der Waals surface area contributed by atoms with Gasteiger partial charge in [0.2, 0.25) is 5.82 Å². The smallest absolute Gasteiger partial charge is 0.201 e. The number of ether oxygens (including phenoxy) is 3. The van der Waals surface area contributed by atoms with E-state index in [0.717, 1.165) is 19.3 Å². The lowest BCUT2D eigenvalue weighted by atomic mass is 9.99. The summed E-state index contributed by atoms with van der Waals surface area (Å²) in [5, 5.41) is 0. The highest BCUT2D eigenvalue weighted by Gasteiger charge is 2.20. The van der Waals surface area contributed by atoms with Crippen LogP contribution in [0.4, 0.5) is 8.78 Å². The fourth-order valence-corrected chi connectivity index (χ4v) is 3.14. The highest BCUT2D eigenvalue weighted by molar-refractivity contribution is 5.66. The zero-order valence-electron chi connectivity index (χ0n) is 16.1. The summed E-state index contributed by atoms with van der Waals surface area (Å²) in [7, 11) is 0. The topological polar surface area (TPSA) is 27.7 Å². The fraction of sp³-hybridized carbons (Fsp3) is 0.391. The van der Waals surface area contributed by atoms with Gasteiger partial charge in [-0.2, -0.15) is 4.39 Å². The molecule has 2 aromatic carbocycles. The first kappa shape index (κ1) is 20.3. The number of hydrogen-bond acceptors (Lipinski definition) is 3. The lowest BCUT2D eigenvalue weighted by molar-refractivity contribution is -0.0274. The van der Waals surface area contributed by atoms with E-state index in [1.54, 1.807) is 24.3 Å². The number of halogens is 2. The molecule has 0 aliphatic carbocycles. The van der Waals surface area contributed by atoms with Crippen LogP contribution in [0.3, 0.4) is 0 Å². The SMILES string of the molecule is C=CC1CCC(COc2ccc(-c3ccc(OCCC)c(F)c3F)cc2)OC1. The second-order valence-corrected chi connectivity index (χ2v) is 6.95. The molecule has 1 fully saturated rings. The Morgan fingerprint density at radius 1 is 1.07 bits per heavy atom. The van der Waals surface area contributed by atoms with Crippen LogP contribution in [0.1, 0.15) is 26.2 Å². The van der Waals surface area contributed by atoms with Crippen LogP contribution in [0, 0.1) is 17.6 Å². The molecule has 0 amide bonds. The molecule has 0 spiro atoms. The fourth-order valence-electron chi connectivity index (χ4n) is 3.14. The second kappa shape index (κ2) is 9.69. The number of benzene rings is 2. The van der Waals surface area contributed by atoms with Gasteiger partial charge in [-0.1, -0.05) is 25.1 Å². The van der Waals surface area contributed by atoms with E-state index in [2.05, 4.69) is 6.58 Å². The van der Waals surface area contributed by atoms with Crippen molar-refractivity contribution in [3.05, 3.63) is 60.7 Å². The van der Waals surface area contributed by atoms with E-state index in [1.807, 2.05) is 13.0 Å². The molecule has 150 valence electrons. The Labute approximate surface area is 164 Å². The second-order valence-electron chi connectivity index (χ2n) is 6.95. The van der Waals surface area contributed by atoms with Crippen LogP contribution in [-0.2, 0) is 4.74 Å². The molecular formula is C23H26F2O3. The van der Waals surface area contributed by atoms with Crippen molar-refractivity contribution >= 4 is 0 Å². The first-order valence-electron chi connectivity index (χ1n) is 9.70. The molecule has 0 bridgehead atoms. The van der Waals surface area contributed by atoms with E-state index in [4.69, 9.17) is 14.2 Å². The molecule has 1 heterocycles. The van der Waals surface area contributed by atoms with E-state index < -0.39 is 11.6 Å². The summed E-state index contributed by atoms with van der Waals surface area (Å²) in [6.45, 7) is 7.20. The Kier molecular flexibility index (Phi) is 7.04. The maximum absolute atomic E-state index is 14.4. The summed E-state index contributed by atoms with van der Waals surface area (Å²) in [6.07, 6.45) is 4.72. The standard InChI is InChI=1S/C23H26F2O3/c1-3-13-26-21-12-11-20(22(24)23(21)25)17-6-9-18(10-7-17)28-15-19-8-5-16(4-2)14-27-19/h4,6-7,9-12,16,19H,2-3,5,8,13-15H2,1H3. The minimum absolute atomic E-state index is 0.0609. The zero-order valence-corrected chi connectivity index (χ0v) is 16.1. The molecule has 5 heteroatoms.